The smallest absolute Gasteiger partial charge is 0.237 e. The van der Waals surface area contributed by atoms with Crippen molar-refractivity contribution in [2.45, 2.75) is 44.9 Å². The summed E-state index contributed by atoms with van der Waals surface area (Å²) in [4.78, 5) is 15.6. The van der Waals surface area contributed by atoms with E-state index in [2.05, 4.69) is 24.1 Å². The van der Waals surface area contributed by atoms with E-state index < -0.39 is 6.04 Å². The minimum atomic E-state index is -0.549. The summed E-state index contributed by atoms with van der Waals surface area (Å²) in [6, 6.07) is 7.62. The van der Waals surface area contributed by atoms with Gasteiger partial charge in [-0.1, -0.05) is 32.0 Å². The Hall–Kier alpha value is -1.56. The van der Waals surface area contributed by atoms with Crippen molar-refractivity contribution in [2.75, 3.05) is 7.11 Å². The Kier molecular flexibility index (Phi) is 5.58. The van der Waals surface area contributed by atoms with Crippen LogP contribution in [0.3, 0.4) is 0 Å². The number of carbonyl (C=O) groups is 1. The fourth-order valence-electron chi connectivity index (χ4n) is 3.44. The van der Waals surface area contributed by atoms with Crippen LogP contribution < -0.4 is 11.1 Å². The average Bonchev–Trinajstić information content (AvgIpc) is 2.94. The van der Waals surface area contributed by atoms with Gasteiger partial charge in [0.2, 0.25) is 5.91 Å². The van der Waals surface area contributed by atoms with Crippen molar-refractivity contribution in [2.24, 2.45) is 11.1 Å². The highest BCUT2D eigenvalue weighted by atomic mass is 35.5. The molecule has 1 fully saturated rings. The standard InChI is InChI=1S/C18H25N3O2.ClH/c1-18(2)15(9-16(18)23-3)21-17(22)13(19)8-11-10-20-14-7-5-4-6-12(11)14;/h4-7,10,13,15-16,20H,8-9,19H2,1-3H3,(H,21,22);1H/t13-,15?,16?;/m0./s1. The number of ether oxygens (including phenoxy) is 1. The first-order chi connectivity index (χ1) is 10.9. The fourth-order valence-corrected chi connectivity index (χ4v) is 3.44. The van der Waals surface area contributed by atoms with E-state index in [9.17, 15) is 4.79 Å². The lowest BCUT2D eigenvalue weighted by Crippen LogP contribution is -2.63. The van der Waals surface area contributed by atoms with Crippen molar-refractivity contribution in [3.63, 3.8) is 0 Å². The molecular formula is C18H26ClN3O2. The maximum absolute atomic E-state index is 12.4. The second-order valence-electron chi connectivity index (χ2n) is 7.01. The van der Waals surface area contributed by atoms with Gasteiger partial charge in [-0.15, -0.1) is 12.4 Å². The van der Waals surface area contributed by atoms with Gasteiger partial charge in [-0.3, -0.25) is 4.79 Å². The van der Waals surface area contributed by atoms with Crippen LogP contribution in [0.4, 0.5) is 0 Å². The predicted octanol–water partition coefficient (Wildman–Crippen LogP) is 2.39. The van der Waals surface area contributed by atoms with Crippen LogP contribution in [0.2, 0.25) is 0 Å². The van der Waals surface area contributed by atoms with Crippen LogP contribution >= 0.6 is 12.4 Å². The number of halogens is 1. The molecule has 6 heteroatoms. The van der Waals surface area contributed by atoms with Crippen LogP contribution in [0.15, 0.2) is 30.5 Å². The number of hydrogen-bond donors (Lipinski definition) is 3. The predicted molar refractivity (Wildman–Crippen MR) is 98.4 cm³/mol. The topological polar surface area (TPSA) is 80.1 Å². The van der Waals surface area contributed by atoms with Crippen molar-refractivity contribution < 1.29 is 9.53 Å². The molecule has 3 rings (SSSR count). The number of nitrogens with two attached hydrogens (primary N) is 1. The SMILES string of the molecule is COC1CC(NC(=O)[C@@H](N)Cc2c[nH]c3ccccc23)C1(C)C.Cl. The van der Waals surface area contributed by atoms with Crippen LogP contribution in [0.5, 0.6) is 0 Å². The molecule has 2 aromatic rings. The van der Waals surface area contributed by atoms with Gasteiger partial charge < -0.3 is 20.8 Å². The van der Waals surface area contributed by atoms with Crippen LogP contribution in [-0.2, 0) is 16.0 Å². The summed E-state index contributed by atoms with van der Waals surface area (Å²) in [6.07, 6.45) is 3.50. The Bertz CT molecular complexity index is 713. The molecule has 0 spiro atoms. The Balaban J connectivity index is 0.00000208. The summed E-state index contributed by atoms with van der Waals surface area (Å²) in [5.41, 5.74) is 8.22. The number of para-hydroxylation sites is 1. The largest absolute Gasteiger partial charge is 0.381 e. The molecule has 1 aromatic carbocycles. The number of hydrogen-bond acceptors (Lipinski definition) is 3. The van der Waals surface area contributed by atoms with Crippen molar-refractivity contribution in [3.8, 4) is 0 Å². The third kappa shape index (κ3) is 3.29. The number of fused-ring (bicyclic) bond motifs is 1. The van der Waals surface area contributed by atoms with Crippen molar-refractivity contribution in [1.29, 1.82) is 0 Å². The number of nitrogens with one attached hydrogen (secondary N) is 2. The van der Waals surface area contributed by atoms with E-state index in [0.717, 1.165) is 22.9 Å². The molecule has 3 atom stereocenters. The Morgan fingerprint density at radius 1 is 1.46 bits per heavy atom. The molecule has 1 saturated carbocycles. The van der Waals surface area contributed by atoms with Crippen molar-refractivity contribution >= 4 is 29.2 Å². The van der Waals surface area contributed by atoms with Gasteiger partial charge in [0.1, 0.15) is 0 Å². The van der Waals surface area contributed by atoms with Gasteiger partial charge in [0.05, 0.1) is 12.1 Å². The van der Waals surface area contributed by atoms with Crippen molar-refractivity contribution in [1.82, 2.24) is 10.3 Å². The molecule has 2 unspecified atom stereocenters. The Labute approximate surface area is 148 Å². The van der Waals surface area contributed by atoms with Crippen LogP contribution in [0.25, 0.3) is 10.9 Å². The molecule has 24 heavy (non-hydrogen) atoms. The molecule has 132 valence electrons. The van der Waals surface area contributed by atoms with Gasteiger partial charge in [-0.05, 0) is 24.5 Å². The molecule has 0 radical (unpaired) electrons. The summed E-state index contributed by atoms with van der Waals surface area (Å²) in [5, 5.41) is 4.20. The number of benzene rings is 1. The maximum atomic E-state index is 12.4. The van der Waals surface area contributed by atoms with Crippen LogP contribution in [-0.4, -0.2) is 36.2 Å². The lowest BCUT2D eigenvalue weighted by atomic mass is 9.64. The van der Waals surface area contributed by atoms with E-state index in [-0.39, 0.29) is 35.9 Å². The number of rotatable bonds is 5. The molecule has 1 heterocycles. The van der Waals surface area contributed by atoms with E-state index in [1.807, 2.05) is 30.5 Å². The second kappa shape index (κ2) is 7.13. The zero-order valence-electron chi connectivity index (χ0n) is 14.3. The first kappa shape index (κ1) is 18.8. The third-order valence-corrected chi connectivity index (χ3v) is 5.23. The van der Waals surface area contributed by atoms with Gasteiger partial charge in [0.15, 0.2) is 0 Å². The van der Waals surface area contributed by atoms with E-state index >= 15 is 0 Å². The normalized spacial score (nSPS) is 23.2. The third-order valence-electron chi connectivity index (χ3n) is 5.23. The molecule has 1 aromatic heterocycles. The van der Waals surface area contributed by atoms with E-state index in [1.54, 1.807) is 7.11 Å². The summed E-state index contributed by atoms with van der Waals surface area (Å²) in [6.45, 7) is 4.22. The summed E-state index contributed by atoms with van der Waals surface area (Å²) < 4.78 is 5.42. The molecule has 1 aliphatic carbocycles. The maximum Gasteiger partial charge on any atom is 0.237 e. The minimum absolute atomic E-state index is 0. The highest BCUT2D eigenvalue weighted by Crippen LogP contribution is 2.42. The van der Waals surface area contributed by atoms with Gasteiger partial charge in [0, 0.05) is 35.7 Å². The molecule has 0 saturated heterocycles. The zero-order valence-corrected chi connectivity index (χ0v) is 15.2. The number of H-pyrrole nitrogens is 1. The second-order valence-corrected chi connectivity index (χ2v) is 7.01. The number of methoxy groups -OCH3 is 1. The molecule has 0 bridgehead atoms. The quantitative estimate of drug-likeness (QED) is 0.773. The lowest BCUT2D eigenvalue weighted by molar-refractivity contribution is -0.133. The Morgan fingerprint density at radius 2 is 2.17 bits per heavy atom. The van der Waals surface area contributed by atoms with Gasteiger partial charge in [-0.25, -0.2) is 0 Å². The zero-order chi connectivity index (χ0) is 16.6. The highest BCUT2D eigenvalue weighted by Gasteiger charge is 2.49. The van der Waals surface area contributed by atoms with Crippen LogP contribution in [0, 0.1) is 5.41 Å². The van der Waals surface area contributed by atoms with E-state index in [4.69, 9.17) is 10.5 Å². The molecule has 1 amide bonds. The highest BCUT2D eigenvalue weighted by molar-refractivity contribution is 5.86. The number of aromatic amines is 1. The lowest BCUT2D eigenvalue weighted by Gasteiger charge is -2.51. The minimum Gasteiger partial charge on any atom is -0.381 e. The fraction of sp³-hybridized carbons (Fsp3) is 0.500. The molecule has 5 nitrogen and oxygen atoms in total. The van der Waals surface area contributed by atoms with E-state index in [0.29, 0.717) is 6.42 Å². The Morgan fingerprint density at radius 3 is 2.83 bits per heavy atom. The summed E-state index contributed by atoms with van der Waals surface area (Å²) in [7, 11) is 1.72. The first-order valence-electron chi connectivity index (χ1n) is 8.07. The number of amides is 1. The van der Waals surface area contributed by atoms with E-state index in [1.165, 1.54) is 0 Å². The summed E-state index contributed by atoms with van der Waals surface area (Å²) >= 11 is 0. The molecule has 0 aliphatic heterocycles. The number of aromatic nitrogens is 1. The van der Waals surface area contributed by atoms with Crippen LogP contribution in [0.1, 0.15) is 25.8 Å². The number of carbonyl (C=O) groups excluding carboxylic acids is 1. The van der Waals surface area contributed by atoms with Gasteiger partial charge >= 0.3 is 0 Å². The first-order valence-corrected chi connectivity index (χ1v) is 8.07. The monoisotopic (exact) mass is 351 g/mol. The van der Waals surface area contributed by atoms with Crippen molar-refractivity contribution in [3.05, 3.63) is 36.0 Å². The average molecular weight is 352 g/mol. The summed E-state index contributed by atoms with van der Waals surface area (Å²) in [5.74, 6) is -0.0945. The molecule has 1 aliphatic rings. The van der Waals surface area contributed by atoms with Gasteiger partial charge in [0.25, 0.3) is 0 Å². The van der Waals surface area contributed by atoms with Gasteiger partial charge in [-0.2, -0.15) is 0 Å². The molecule has 4 N–H and O–H groups in total. The molecular weight excluding hydrogens is 326 g/mol.